The maximum atomic E-state index is 12.8. The zero-order chi connectivity index (χ0) is 22.8. The quantitative estimate of drug-likeness (QED) is 0.739. The standard InChI is InChI=1S/C26H29N3O3S/c30-24(28-10-12-33-13-11-28)14-18-4-7-22(8-5-18)27-26(32)21-16-25(31)29(17-21)23-9-6-19-2-1-3-20(19)15-23/h4-9,15,21H,1-3,10-14,16-17H2,(H,27,32). The van der Waals surface area contributed by atoms with Gasteiger partial charge in [0, 0.05) is 48.9 Å². The van der Waals surface area contributed by atoms with E-state index in [0.29, 0.717) is 18.7 Å². The van der Waals surface area contributed by atoms with Gasteiger partial charge in [-0.1, -0.05) is 18.2 Å². The summed E-state index contributed by atoms with van der Waals surface area (Å²) < 4.78 is 0. The van der Waals surface area contributed by atoms with E-state index < -0.39 is 0 Å². The molecule has 2 aliphatic heterocycles. The van der Waals surface area contributed by atoms with Crippen LogP contribution < -0.4 is 10.2 Å². The number of anilines is 2. The molecular weight excluding hydrogens is 434 g/mol. The monoisotopic (exact) mass is 463 g/mol. The minimum absolute atomic E-state index is 0.00179. The van der Waals surface area contributed by atoms with Crippen LogP contribution in [-0.4, -0.2) is 53.8 Å². The predicted molar refractivity (Wildman–Crippen MR) is 132 cm³/mol. The number of hydrogen-bond donors (Lipinski definition) is 1. The molecule has 3 amide bonds. The van der Waals surface area contributed by atoms with E-state index >= 15 is 0 Å². The maximum absolute atomic E-state index is 12.8. The van der Waals surface area contributed by atoms with E-state index in [1.165, 1.54) is 17.5 Å². The zero-order valence-corrected chi connectivity index (χ0v) is 19.5. The minimum Gasteiger partial charge on any atom is -0.341 e. The summed E-state index contributed by atoms with van der Waals surface area (Å²) in [6, 6.07) is 13.7. The Morgan fingerprint density at radius 3 is 2.55 bits per heavy atom. The highest BCUT2D eigenvalue weighted by atomic mass is 32.2. The van der Waals surface area contributed by atoms with E-state index in [9.17, 15) is 14.4 Å². The summed E-state index contributed by atoms with van der Waals surface area (Å²) in [6.45, 7) is 2.05. The van der Waals surface area contributed by atoms with Crippen LogP contribution in [-0.2, 0) is 33.6 Å². The topological polar surface area (TPSA) is 69.7 Å². The van der Waals surface area contributed by atoms with Crippen molar-refractivity contribution in [2.45, 2.75) is 32.1 Å². The van der Waals surface area contributed by atoms with Crippen molar-refractivity contribution in [1.82, 2.24) is 4.90 Å². The number of hydrogen-bond acceptors (Lipinski definition) is 4. The number of nitrogens with one attached hydrogen (secondary N) is 1. The molecule has 0 saturated carbocycles. The number of fused-ring (bicyclic) bond motifs is 1. The highest BCUT2D eigenvalue weighted by Crippen LogP contribution is 2.31. The molecule has 2 aromatic carbocycles. The summed E-state index contributed by atoms with van der Waals surface area (Å²) in [7, 11) is 0. The smallest absolute Gasteiger partial charge is 0.229 e. The zero-order valence-electron chi connectivity index (χ0n) is 18.7. The second-order valence-electron chi connectivity index (χ2n) is 9.07. The van der Waals surface area contributed by atoms with Crippen molar-refractivity contribution in [1.29, 1.82) is 0 Å². The van der Waals surface area contributed by atoms with Crippen LogP contribution in [0.5, 0.6) is 0 Å². The lowest BCUT2D eigenvalue weighted by atomic mass is 10.1. The lowest BCUT2D eigenvalue weighted by molar-refractivity contribution is -0.130. The molecule has 0 aromatic heterocycles. The molecule has 172 valence electrons. The van der Waals surface area contributed by atoms with Gasteiger partial charge in [-0.3, -0.25) is 14.4 Å². The first-order valence-corrected chi connectivity index (χ1v) is 12.9. The Bertz CT molecular complexity index is 1060. The molecule has 2 aromatic rings. The fourth-order valence-corrected chi connectivity index (χ4v) is 5.81. The third-order valence-corrected chi connectivity index (χ3v) is 7.77. The van der Waals surface area contributed by atoms with Gasteiger partial charge in [0.25, 0.3) is 0 Å². The Balaban J connectivity index is 1.17. The molecule has 0 radical (unpaired) electrons. The van der Waals surface area contributed by atoms with E-state index in [1.54, 1.807) is 4.90 Å². The average Bonchev–Trinajstić information content (AvgIpc) is 3.47. The molecule has 2 heterocycles. The van der Waals surface area contributed by atoms with Crippen LogP contribution in [0.3, 0.4) is 0 Å². The first kappa shape index (κ1) is 22.0. The van der Waals surface area contributed by atoms with Gasteiger partial charge in [0.05, 0.1) is 12.3 Å². The van der Waals surface area contributed by atoms with E-state index in [0.717, 1.165) is 48.7 Å². The van der Waals surface area contributed by atoms with Crippen molar-refractivity contribution in [2.75, 3.05) is 41.4 Å². The van der Waals surface area contributed by atoms with Gasteiger partial charge in [-0.05, 0) is 60.2 Å². The van der Waals surface area contributed by atoms with Gasteiger partial charge in [-0.25, -0.2) is 0 Å². The van der Waals surface area contributed by atoms with E-state index in [-0.39, 0.29) is 30.1 Å². The molecule has 3 aliphatic rings. The first-order valence-electron chi connectivity index (χ1n) is 11.7. The highest BCUT2D eigenvalue weighted by molar-refractivity contribution is 7.99. The number of nitrogens with zero attached hydrogens (tertiary/aromatic N) is 2. The normalized spacial score (nSPS) is 20.1. The second-order valence-corrected chi connectivity index (χ2v) is 10.3. The largest absolute Gasteiger partial charge is 0.341 e. The van der Waals surface area contributed by atoms with Crippen LogP contribution in [0.4, 0.5) is 11.4 Å². The Morgan fingerprint density at radius 2 is 1.76 bits per heavy atom. The van der Waals surface area contributed by atoms with Gasteiger partial charge in [0.2, 0.25) is 17.7 Å². The third kappa shape index (κ3) is 4.93. The number of aryl methyl sites for hydroxylation is 2. The van der Waals surface area contributed by atoms with Crippen LogP contribution in [0.25, 0.3) is 0 Å². The summed E-state index contributed by atoms with van der Waals surface area (Å²) in [5.74, 6) is 1.65. The highest BCUT2D eigenvalue weighted by Gasteiger charge is 2.35. The van der Waals surface area contributed by atoms with Gasteiger partial charge < -0.3 is 15.1 Å². The van der Waals surface area contributed by atoms with Crippen molar-refractivity contribution in [3.8, 4) is 0 Å². The van der Waals surface area contributed by atoms with Gasteiger partial charge in [-0.15, -0.1) is 0 Å². The Labute approximate surface area is 198 Å². The fraction of sp³-hybridized carbons (Fsp3) is 0.423. The molecule has 0 bridgehead atoms. The van der Waals surface area contributed by atoms with Gasteiger partial charge >= 0.3 is 0 Å². The molecule has 5 rings (SSSR count). The number of carbonyl (C=O) groups is 3. The maximum Gasteiger partial charge on any atom is 0.229 e. The molecule has 1 aliphatic carbocycles. The number of carbonyl (C=O) groups excluding carboxylic acids is 3. The number of benzene rings is 2. The number of amides is 3. The van der Waals surface area contributed by atoms with Crippen molar-refractivity contribution in [3.05, 3.63) is 59.2 Å². The molecule has 2 saturated heterocycles. The summed E-state index contributed by atoms with van der Waals surface area (Å²) in [5, 5.41) is 2.95. The van der Waals surface area contributed by atoms with Crippen LogP contribution in [0.2, 0.25) is 0 Å². The van der Waals surface area contributed by atoms with Crippen LogP contribution in [0.15, 0.2) is 42.5 Å². The summed E-state index contributed by atoms with van der Waals surface area (Å²) in [6.07, 6.45) is 3.95. The number of thioether (sulfide) groups is 1. The van der Waals surface area contributed by atoms with Crippen molar-refractivity contribution in [2.24, 2.45) is 5.92 Å². The van der Waals surface area contributed by atoms with Crippen molar-refractivity contribution in [3.63, 3.8) is 0 Å². The van der Waals surface area contributed by atoms with Crippen LogP contribution in [0, 0.1) is 5.92 Å². The van der Waals surface area contributed by atoms with E-state index in [2.05, 4.69) is 17.4 Å². The van der Waals surface area contributed by atoms with E-state index in [1.807, 2.05) is 47.0 Å². The van der Waals surface area contributed by atoms with Crippen molar-refractivity contribution >= 4 is 40.9 Å². The Hall–Kier alpha value is -2.80. The molecule has 1 atom stereocenters. The Morgan fingerprint density at radius 1 is 1.00 bits per heavy atom. The van der Waals surface area contributed by atoms with Gasteiger partial charge in [0.1, 0.15) is 0 Å². The van der Waals surface area contributed by atoms with E-state index in [4.69, 9.17) is 0 Å². The molecule has 33 heavy (non-hydrogen) atoms. The molecule has 1 N–H and O–H groups in total. The van der Waals surface area contributed by atoms with Gasteiger partial charge in [0.15, 0.2) is 0 Å². The summed E-state index contributed by atoms with van der Waals surface area (Å²) >= 11 is 1.89. The second kappa shape index (κ2) is 9.59. The average molecular weight is 464 g/mol. The van der Waals surface area contributed by atoms with Crippen LogP contribution >= 0.6 is 11.8 Å². The predicted octanol–water partition coefficient (Wildman–Crippen LogP) is 3.28. The molecule has 1 unspecified atom stereocenters. The van der Waals surface area contributed by atoms with Crippen molar-refractivity contribution < 1.29 is 14.4 Å². The SMILES string of the molecule is O=C(Nc1ccc(CC(=O)N2CCSCC2)cc1)C1CC(=O)N(c2ccc3c(c2)CCC3)C1. The summed E-state index contributed by atoms with van der Waals surface area (Å²) in [5.41, 5.74) is 5.23. The molecule has 0 spiro atoms. The first-order chi connectivity index (χ1) is 16.1. The lowest BCUT2D eigenvalue weighted by Crippen LogP contribution is -2.38. The minimum atomic E-state index is -0.371. The summed E-state index contributed by atoms with van der Waals surface area (Å²) in [4.78, 5) is 41.6. The third-order valence-electron chi connectivity index (χ3n) is 6.83. The lowest BCUT2D eigenvalue weighted by Gasteiger charge is -2.26. The Kier molecular flexibility index (Phi) is 6.40. The molecule has 6 nitrogen and oxygen atoms in total. The molecular formula is C26H29N3O3S. The molecule has 7 heteroatoms. The van der Waals surface area contributed by atoms with Crippen LogP contribution in [0.1, 0.15) is 29.5 Å². The fourth-order valence-electron chi connectivity index (χ4n) is 4.91. The molecule has 2 fully saturated rings. The number of rotatable bonds is 5. The van der Waals surface area contributed by atoms with Gasteiger partial charge in [-0.2, -0.15) is 11.8 Å².